The van der Waals surface area contributed by atoms with Crippen LogP contribution in [0.1, 0.15) is 52.5 Å². The first-order valence-corrected chi connectivity index (χ1v) is 9.16. The SMILES string of the molecule is C[C@@H]1CCCCN1C(=O)c1ccccc1NC(=O)c1ccc(C(F)(F)F)cc1. The van der Waals surface area contributed by atoms with E-state index in [1.807, 2.05) is 6.92 Å². The lowest BCUT2D eigenvalue weighted by Gasteiger charge is -2.33. The minimum absolute atomic E-state index is 0.0848. The Labute approximate surface area is 161 Å². The number of likely N-dealkylation sites (tertiary alicyclic amines) is 1. The van der Waals surface area contributed by atoms with Crippen LogP contribution in [-0.2, 0) is 6.18 Å². The third-order valence-electron chi connectivity index (χ3n) is 4.94. The smallest absolute Gasteiger partial charge is 0.336 e. The van der Waals surface area contributed by atoms with E-state index in [0.717, 1.165) is 43.5 Å². The highest BCUT2D eigenvalue weighted by Crippen LogP contribution is 2.29. The monoisotopic (exact) mass is 390 g/mol. The molecule has 0 radical (unpaired) electrons. The Hall–Kier alpha value is -2.83. The zero-order valence-corrected chi connectivity index (χ0v) is 15.4. The molecule has 0 aromatic heterocycles. The number of carbonyl (C=O) groups excluding carboxylic acids is 2. The minimum atomic E-state index is -4.46. The van der Waals surface area contributed by atoms with Crippen LogP contribution >= 0.6 is 0 Å². The fourth-order valence-corrected chi connectivity index (χ4v) is 3.34. The maximum Gasteiger partial charge on any atom is 0.416 e. The second kappa shape index (κ2) is 8.04. The Bertz CT molecular complexity index is 863. The molecule has 2 amide bonds. The number of nitrogens with zero attached hydrogens (tertiary/aromatic N) is 1. The van der Waals surface area contributed by atoms with Crippen LogP contribution in [0.25, 0.3) is 0 Å². The van der Waals surface area contributed by atoms with Crippen LogP contribution in [-0.4, -0.2) is 29.3 Å². The van der Waals surface area contributed by atoms with Crippen LogP contribution in [0, 0.1) is 0 Å². The summed E-state index contributed by atoms with van der Waals surface area (Å²) >= 11 is 0. The van der Waals surface area contributed by atoms with E-state index in [1.54, 1.807) is 29.2 Å². The minimum Gasteiger partial charge on any atom is -0.336 e. The molecule has 0 saturated carbocycles. The van der Waals surface area contributed by atoms with Crippen molar-refractivity contribution in [3.05, 3.63) is 65.2 Å². The highest BCUT2D eigenvalue weighted by Gasteiger charge is 2.30. The number of amides is 2. The second-order valence-corrected chi connectivity index (χ2v) is 6.92. The average molecular weight is 390 g/mol. The molecule has 7 heteroatoms. The van der Waals surface area contributed by atoms with E-state index in [0.29, 0.717) is 17.8 Å². The number of anilines is 1. The molecule has 0 aliphatic carbocycles. The van der Waals surface area contributed by atoms with Gasteiger partial charge in [0.1, 0.15) is 0 Å². The van der Waals surface area contributed by atoms with Gasteiger partial charge in [-0.05, 0) is 62.6 Å². The Morgan fingerprint density at radius 1 is 1.04 bits per heavy atom. The van der Waals surface area contributed by atoms with Gasteiger partial charge in [-0.25, -0.2) is 0 Å². The first kappa shape index (κ1) is 19.9. The molecule has 0 bridgehead atoms. The molecule has 3 rings (SSSR count). The van der Waals surface area contributed by atoms with Gasteiger partial charge in [0.05, 0.1) is 16.8 Å². The molecule has 1 fully saturated rings. The molecular formula is C21H21F3N2O2. The lowest BCUT2D eigenvalue weighted by Crippen LogP contribution is -2.42. The van der Waals surface area contributed by atoms with Gasteiger partial charge in [-0.2, -0.15) is 13.2 Å². The molecule has 2 aromatic rings. The van der Waals surface area contributed by atoms with Crippen molar-refractivity contribution in [1.82, 2.24) is 4.90 Å². The third kappa shape index (κ3) is 4.35. The molecule has 148 valence electrons. The molecule has 0 spiro atoms. The number of benzene rings is 2. The number of piperidine rings is 1. The zero-order valence-electron chi connectivity index (χ0n) is 15.4. The molecule has 1 N–H and O–H groups in total. The van der Waals surface area contributed by atoms with Gasteiger partial charge >= 0.3 is 6.18 Å². The second-order valence-electron chi connectivity index (χ2n) is 6.92. The Morgan fingerprint density at radius 3 is 2.36 bits per heavy atom. The van der Waals surface area contributed by atoms with Crippen LogP contribution < -0.4 is 5.32 Å². The van der Waals surface area contributed by atoms with Crippen molar-refractivity contribution in [3.63, 3.8) is 0 Å². The highest BCUT2D eigenvalue weighted by atomic mass is 19.4. The normalized spacial score (nSPS) is 17.3. The van der Waals surface area contributed by atoms with Gasteiger partial charge in [-0.3, -0.25) is 9.59 Å². The molecule has 1 heterocycles. The summed E-state index contributed by atoms with van der Waals surface area (Å²) in [6, 6.07) is 10.8. The van der Waals surface area contributed by atoms with E-state index >= 15 is 0 Å². The summed E-state index contributed by atoms with van der Waals surface area (Å²) in [5, 5.41) is 2.65. The highest BCUT2D eigenvalue weighted by molar-refractivity contribution is 6.09. The van der Waals surface area contributed by atoms with E-state index in [1.165, 1.54) is 0 Å². The van der Waals surface area contributed by atoms with Crippen molar-refractivity contribution < 1.29 is 22.8 Å². The average Bonchev–Trinajstić information content (AvgIpc) is 2.68. The molecular weight excluding hydrogens is 369 g/mol. The Balaban J connectivity index is 1.79. The van der Waals surface area contributed by atoms with E-state index in [-0.39, 0.29) is 17.5 Å². The van der Waals surface area contributed by atoms with Crippen molar-refractivity contribution in [1.29, 1.82) is 0 Å². The predicted octanol–water partition coefficient (Wildman–Crippen LogP) is 4.97. The van der Waals surface area contributed by atoms with Gasteiger partial charge < -0.3 is 10.2 Å². The van der Waals surface area contributed by atoms with Gasteiger partial charge in [-0.15, -0.1) is 0 Å². The lowest BCUT2D eigenvalue weighted by atomic mass is 10.0. The van der Waals surface area contributed by atoms with Crippen LogP contribution in [0.15, 0.2) is 48.5 Å². The molecule has 1 aliphatic heterocycles. The fraction of sp³-hybridized carbons (Fsp3) is 0.333. The summed E-state index contributed by atoms with van der Waals surface area (Å²) in [6.45, 7) is 2.67. The first-order chi connectivity index (χ1) is 13.3. The molecule has 2 aromatic carbocycles. The molecule has 0 unspecified atom stereocenters. The first-order valence-electron chi connectivity index (χ1n) is 9.16. The third-order valence-corrected chi connectivity index (χ3v) is 4.94. The quantitative estimate of drug-likeness (QED) is 0.804. The Morgan fingerprint density at radius 2 is 1.71 bits per heavy atom. The van der Waals surface area contributed by atoms with E-state index in [9.17, 15) is 22.8 Å². The van der Waals surface area contributed by atoms with Crippen LogP contribution in [0.5, 0.6) is 0 Å². The van der Waals surface area contributed by atoms with Gasteiger partial charge in [0.15, 0.2) is 0 Å². The van der Waals surface area contributed by atoms with Gasteiger partial charge in [-0.1, -0.05) is 12.1 Å². The molecule has 4 nitrogen and oxygen atoms in total. The van der Waals surface area contributed by atoms with Gasteiger partial charge in [0, 0.05) is 18.2 Å². The summed E-state index contributed by atoms with van der Waals surface area (Å²) in [7, 11) is 0. The summed E-state index contributed by atoms with van der Waals surface area (Å²) in [4.78, 5) is 27.2. The maximum absolute atomic E-state index is 13.0. The number of halogens is 3. The van der Waals surface area contributed by atoms with Gasteiger partial charge in [0.2, 0.25) is 0 Å². The van der Waals surface area contributed by atoms with Crippen molar-refractivity contribution >= 4 is 17.5 Å². The van der Waals surface area contributed by atoms with Crippen molar-refractivity contribution in [2.75, 3.05) is 11.9 Å². The number of hydrogen-bond acceptors (Lipinski definition) is 2. The van der Waals surface area contributed by atoms with Gasteiger partial charge in [0.25, 0.3) is 11.8 Å². The fourth-order valence-electron chi connectivity index (χ4n) is 3.34. The standard InChI is InChI=1S/C21H21F3N2O2/c1-14-6-4-5-13-26(14)20(28)17-7-2-3-8-18(17)25-19(27)15-9-11-16(12-10-15)21(22,23)24/h2-3,7-12,14H,4-6,13H2,1H3,(H,25,27)/t14-/m1/s1. The summed E-state index contributed by atoms with van der Waals surface area (Å²) < 4.78 is 38.0. The van der Waals surface area contributed by atoms with Crippen molar-refractivity contribution in [2.24, 2.45) is 0 Å². The number of alkyl halides is 3. The number of hydrogen-bond donors (Lipinski definition) is 1. The maximum atomic E-state index is 13.0. The van der Waals surface area contributed by atoms with Crippen molar-refractivity contribution in [3.8, 4) is 0 Å². The zero-order chi connectivity index (χ0) is 20.3. The molecule has 1 saturated heterocycles. The van der Waals surface area contributed by atoms with Crippen molar-refractivity contribution in [2.45, 2.75) is 38.4 Å². The molecule has 1 atom stereocenters. The molecule has 1 aliphatic rings. The lowest BCUT2D eigenvalue weighted by molar-refractivity contribution is -0.137. The van der Waals surface area contributed by atoms with Crippen LogP contribution in [0.3, 0.4) is 0 Å². The van der Waals surface area contributed by atoms with E-state index in [2.05, 4.69) is 5.32 Å². The Kier molecular flexibility index (Phi) is 5.72. The van der Waals surface area contributed by atoms with E-state index < -0.39 is 17.6 Å². The number of para-hydroxylation sites is 1. The summed E-state index contributed by atoms with van der Waals surface area (Å²) in [5.74, 6) is -0.726. The number of nitrogens with one attached hydrogen (secondary N) is 1. The van der Waals surface area contributed by atoms with Crippen LogP contribution in [0.4, 0.5) is 18.9 Å². The van der Waals surface area contributed by atoms with E-state index in [4.69, 9.17) is 0 Å². The largest absolute Gasteiger partial charge is 0.416 e. The number of carbonyl (C=O) groups is 2. The predicted molar refractivity (Wildman–Crippen MR) is 100 cm³/mol. The number of rotatable bonds is 3. The van der Waals surface area contributed by atoms with Crippen LogP contribution in [0.2, 0.25) is 0 Å². The summed E-state index contributed by atoms with van der Waals surface area (Å²) in [5.41, 5.74) is -0.0213. The summed E-state index contributed by atoms with van der Waals surface area (Å²) in [6.07, 6.45) is -1.50. The molecule has 28 heavy (non-hydrogen) atoms. The topological polar surface area (TPSA) is 49.4 Å².